The van der Waals surface area contributed by atoms with Gasteiger partial charge in [-0.2, -0.15) is 0 Å². The van der Waals surface area contributed by atoms with Gasteiger partial charge in [-0.05, 0) is 209 Å². The van der Waals surface area contributed by atoms with E-state index in [0.29, 0.717) is 12.3 Å². The highest BCUT2D eigenvalue weighted by atomic mass is 31.2. The zero-order valence-corrected chi connectivity index (χ0v) is 42.1. The zero-order valence-electron chi connectivity index (χ0n) is 41.2. The lowest BCUT2D eigenvalue weighted by atomic mass is 10.0. The maximum absolute atomic E-state index is 10.6. The Morgan fingerprint density at radius 2 is 0.650 bits per heavy atom. The Morgan fingerprint density at radius 3 is 0.900 bits per heavy atom. The highest BCUT2D eigenvalue weighted by Gasteiger charge is 2.03. The second-order valence-electron chi connectivity index (χ2n) is 18.8. The molecule has 0 aromatic carbocycles. The largest absolute Gasteiger partial charge is 0.790 e. The van der Waals surface area contributed by atoms with Crippen LogP contribution in [0.4, 0.5) is 0 Å². The Labute approximate surface area is 372 Å². The predicted molar refractivity (Wildman–Crippen MR) is 263 cm³/mol. The van der Waals surface area contributed by atoms with E-state index < -0.39 is 7.82 Å². The molecular weight excluding hydrogens is 756 g/mol. The summed E-state index contributed by atoms with van der Waals surface area (Å²) in [6.07, 6.45) is 46.4. The highest BCUT2D eigenvalue weighted by molar-refractivity contribution is 7.43. The standard InChI is InChI=1S/C55H95O4P/c1-45(2)23-13-24-46(3)25-14-26-47(4)27-15-28-48(5)29-16-30-49(6)31-17-32-50(7)33-18-34-51(8)35-19-36-52(9)37-20-38-53(10)39-21-40-54(11)41-22-42-55(12)43-44-59-60(56,57)58/h25,27,29,31,33,35,37,39,41,45,55H,13-24,26,28,30,32,34,36,38,40,42-44H2,1-12H3,(H2,56,57,58)/p-2/b46-25+,47-27+,48-29-,49-31-,50-33-,51-35-,52-37-,53-39-,54-41-. The molecule has 0 aliphatic rings. The zero-order chi connectivity index (χ0) is 45.2. The van der Waals surface area contributed by atoms with Gasteiger partial charge in [-0.1, -0.05) is 132 Å². The van der Waals surface area contributed by atoms with Gasteiger partial charge in [0, 0.05) is 0 Å². The molecule has 4 nitrogen and oxygen atoms in total. The summed E-state index contributed by atoms with van der Waals surface area (Å²) in [4.78, 5) is 21.2. The number of phosphoric ester groups is 1. The lowest BCUT2D eigenvalue weighted by Crippen LogP contribution is -2.17. The monoisotopic (exact) mass is 849 g/mol. The van der Waals surface area contributed by atoms with Crippen molar-refractivity contribution in [2.24, 2.45) is 11.8 Å². The van der Waals surface area contributed by atoms with Crippen molar-refractivity contribution in [3.8, 4) is 0 Å². The highest BCUT2D eigenvalue weighted by Crippen LogP contribution is 2.26. The summed E-state index contributed by atoms with van der Waals surface area (Å²) in [5.74, 6) is 1.14. The van der Waals surface area contributed by atoms with E-state index in [1.165, 1.54) is 89.5 Å². The number of hydrogen-bond donors (Lipinski definition) is 0. The Bertz CT molecular complexity index is 1490. The van der Waals surface area contributed by atoms with Gasteiger partial charge in [-0.15, -0.1) is 0 Å². The summed E-state index contributed by atoms with van der Waals surface area (Å²) >= 11 is 0. The normalized spacial score (nSPS) is 15.5. The molecule has 1 unspecified atom stereocenters. The SMILES string of the molecule is C/C(=C/CC/C(C)=C\CC/C(C)=C\CC/C(C)=C\CCC(C)CCOP(=O)([O-])[O-])CC/C=C(/C)CC/C=C(/C)CC/C=C(/C)CC/C=C(\C)CC/C=C(\C)CCCC(C)C. The van der Waals surface area contributed by atoms with Crippen LogP contribution in [0.1, 0.15) is 224 Å². The van der Waals surface area contributed by atoms with E-state index in [1.807, 2.05) is 0 Å². The molecule has 0 saturated heterocycles. The first-order valence-corrected chi connectivity index (χ1v) is 25.4. The van der Waals surface area contributed by atoms with Crippen molar-refractivity contribution in [1.82, 2.24) is 0 Å². The van der Waals surface area contributed by atoms with Gasteiger partial charge in [0.05, 0.1) is 14.4 Å². The average Bonchev–Trinajstić information content (AvgIpc) is 3.14. The van der Waals surface area contributed by atoms with Crippen LogP contribution in [-0.2, 0) is 9.09 Å². The molecule has 0 aliphatic carbocycles. The molecule has 1 atom stereocenters. The second-order valence-corrected chi connectivity index (χ2v) is 20.0. The van der Waals surface area contributed by atoms with Gasteiger partial charge in [0.15, 0.2) is 0 Å². The van der Waals surface area contributed by atoms with Crippen LogP contribution in [0, 0.1) is 11.8 Å². The smallest absolute Gasteiger partial charge is 0.0596 e. The Hall–Kier alpha value is -2.23. The molecule has 5 heteroatoms. The van der Waals surface area contributed by atoms with E-state index >= 15 is 0 Å². The van der Waals surface area contributed by atoms with Crippen LogP contribution < -0.4 is 9.79 Å². The lowest BCUT2D eigenvalue weighted by molar-refractivity contribution is -0.341. The van der Waals surface area contributed by atoms with E-state index in [4.69, 9.17) is 0 Å². The summed E-state index contributed by atoms with van der Waals surface area (Å²) in [6, 6.07) is 0. The Kier molecular flexibility index (Phi) is 34.9. The molecule has 0 spiro atoms. The fraction of sp³-hybridized carbons (Fsp3) is 0.673. The summed E-state index contributed by atoms with van der Waals surface area (Å²) in [6.45, 7) is 27.2. The van der Waals surface area contributed by atoms with E-state index in [-0.39, 0.29) is 6.61 Å². The molecule has 0 radical (unpaired) electrons. The van der Waals surface area contributed by atoms with Crippen molar-refractivity contribution in [1.29, 1.82) is 0 Å². The number of phosphoric acid groups is 1. The van der Waals surface area contributed by atoms with Crippen LogP contribution in [0.3, 0.4) is 0 Å². The summed E-state index contributed by atoms with van der Waals surface area (Å²) in [7, 11) is -4.85. The molecular formula is C55H93O4P-2. The van der Waals surface area contributed by atoms with Crippen LogP contribution in [-0.4, -0.2) is 6.61 Å². The third-order valence-corrected chi connectivity index (χ3v) is 12.1. The quantitative estimate of drug-likeness (QED) is 0.0470. The predicted octanol–water partition coefficient (Wildman–Crippen LogP) is 17.2. The first-order valence-electron chi connectivity index (χ1n) is 23.9. The maximum Gasteiger partial charge on any atom is 0.0596 e. The van der Waals surface area contributed by atoms with E-state index in [9.17, 15) is 14.4 Å². The van der Waals surface area contributed by atoms with E-state index in [1.54, 1.807) is 5.57 Å². The summed E-state index contributed by atoms with van der Waals surface area (Å²) in [5, 5.41) is 0. The molecule has 0 saturated carbocycles. The molecule has 60 heavy (non-hydrogen) atoms. The van der Waals surface area contributed by atoms with Crippen molar-refractivity contribution in [3.05, 3.63) is 105 Å². The minimum atomic E-state index is -4.85. The van der Waals surface area contributed by atoms with Crippen molar-refractivity contribution in [2.75, 3.05) is 6.61 Å². The van der Waals surface area contributed by atoms with Crippen molar-refractivity contribution in [3.63, 3.8) is 0 Å². The Balaban J connectivity index is 4.24. The molecule has 0 aromatic rings. The third kappa shape index (κ3) is 39.9. The van der Waals surface area contributed by atoms with Gasteiger partial charge in [-0.3, -0.25) is 0 Å². The molecule has 0 heterocycles. The molecule has 0 aliphatic heterocycles. The van der Waals surface area contributed by atoms with E-state index in [0.717, 1.165) is 95.8 Å². The van der Waals surface area contributed by atoms with Crippen molar-refractivity contribution in [2.45, 2.75) is 224 Å². The van der Waals surface area contributed by atoms with Crippen LogP contribution in [0.5, 0.6) is 0 Å². The molecule has 0 aromatic heterocycles. The van der Waals surface area contributed by atoms with Crippen LogP contribution in [0.15, 0.2) is 105 Å². The first kappa shape index (κ1) is 57.8. The van der Waals surface area contributed by atoms with Gasteiger partial charge < -0.3 is 18.9 Å². The van der Waals surface area contributed by atoms with Crippen LogP contribution in [0.2, 0.25) is 0 Å². The Morgan fingerprint density at radius 1 is 0.400 bits per heavy atom. The van der Waals surface area contributed by atoms with Crippen LogP contribution in [0.25, 0.3) is 0 Å². The molecule has 0 amide bonds. The molecule has 0 rings (SSSR count). The minimum absolute atomic E-state index is 0.0175. The van der Waals surface area contributed by atoms with Crippen molar-refractivity contribution < 1.29 is 18.9 Å². The summed E-state index contributed by atoms with van der Waals surface area (Å²) < 4.78 is 14.9. The topological polar surface area (TPSA) is 72.4 Å². The fourth-order valence-corrected chi connectivity index (χ4v) is 7.53. The van der Waals surface area contributed by atoms with Crippen LogP contribution >= 0.6 is 7.82 Å². The number of hydrogen-bond acceptors (Lipinski definition) is 4. The van der Waals surface area contributed by atoms with Gasteiger partial charge in [0.1, 0.15) is 0 Å². The number of allylic oxidation sites excluding steroid dienone is 18. The minimum Gasteiger partial charge on any atom is -0.790 e. The van der Waals surface area contributed by atoms with Gasteiger partial charge in [-0.25, -0.2) is 0 Å². The third-order valence-electron chi connectivity index (χ3n) is 11.6. The maximum atomic E-state index is 10.6. The first-order chi connectivity index (χ1) is 28.4. The molecule has 344 valence electrons. The van der Waals surface area contributed by atoms with E-state index in [2.05, 4.69) is 142 Å². The molecule has 0 N–H and O–H groups in total. The summed E-state index contributed by atoms with van der Waals surface area (Å²) in [5.41, 5.74) is 13.5. The second kappa shape index (κ2) is 36.3. The molecule has 0 bridgehead atoms. The van der Waals surface area contributed by atoms with Gasteiger partial charge in [0.25, 0.3) is 0 Å². The van der Waals surface area contributed by atoms with Crippen molar-refractivity contribution >= 4 is 7.82 Å². The fourth-order valence-electron chi connectivity index (χ4n) is 7.20. The van der Waals surface area contributed by atoms with Gasteiger partial charge >= 0.3 is 0 Å². The average molecular weight is 849 g/mol. The number of rotatable bonds is 35. The van der Waals surface area contributed by atoms with Gasteiger partial charge in [0.2, 0.25) is 0 Å². The lowest BCUT2D eigenvalue weighted by Gasteiger charge is -2.29. The molecule has 0 fully saturated rings.